The number of rotatable bonds is 8. The zero-order valence-electron chi connectivity index (χ0n) is 9.81. The van der Waals surface area contributed by atoms with E-state index >= 15 is 0 Å². The maximum absolute atomic E-state index is 2.35. The Labute approximate surface area is 79.5 Å². The highest BCUT2D eigenvalue weighted by molar-refractivity contribution is 4.80. The van der Waals surface area contributed by atoms with Crippen LogP contribution in [0, 0.1) is 0 Å². The highest BCUT2D eigenvalue weighted by atomic mass is 13.9. The average Bonchev–Trinajstić information content (AvgIpc) is 2.10. The Kier molecular flexibility index (Phi) is 10.5. The molecule has 0 saturated carbocycles. The van der Waals surface area contributed by atoms with E-state index in [1.165, 1.54) is 51.4 Å². The summed E-state index contributed by atoms with van der Waals surface area (Å²) in [6, 6.07) is 0. The normalized spacial score (nSPS) is 11.2. The second kappa shape index (κ2) is 10.7. The van der Waals surface area contributed by atoms with Gasteiger partial charge in [-0.1, -0.05) is 58.1 Å². The molecular formula is C12H25+. The predicted molar refractivity (Wildman–Crippen MR) is 58.5 cm³/mol. The van der Waals surface area contributed by atoms with Gasteiger partial charge in [0.1, 0.15) is 0 Å². The van der Waals surface area contributed by atoms with Crippen LogP contribution in [0.4, 0.5) is 0 Å². The van der Waals surface area contributed by atoms with Gasteiger partial charge in [0.15, 0.2) is 0 Å². The standard InChI is InChI=1S/C12H24/c1-3-5-7-9-11-12-10-8-6-4-2/h9,11H,3-8,10,12H2,1-2H3/p+1. The lowest BCUT2D eigenvalue weighted by Crippen LogP contribution is -1.74. The van der Waals surface area contributed by atoms with Crippen LogP contribution in [-0.4, -0.2) is 0 Å². The van der Waals surface area contributed by atoms with Crippen LogP contribution in [0.3, 0.4) is 0 Å². The van der Waals surface area contributed by atoms with Gasteiger partial charge in [0, 0.05) is 0 Å². The minimum atomic E-state index is 0. The molecule has 0 aliphatic carbocycles. The van der Waals surface area contributed by atoms with Crippen molar-refractivity contribution in [1.29, 1.82) is 0 Å². The van der Waals surface area contributed by atoms with Gasteiger partial charge in [-0.05, 0) is 19.3 Å². The van der Waals surface area contributed by atoms with Gasteiger partial charge in [0.05, 0.1) is 0 Å². The van der Waals surface area contributed by atoms with Crippen molar-refractivity contribution in [1.82, 2.24) is 0 Å². The number of unbranched alkanes of at least 4 members (excludes halogenated alkanes) is 6. The molecule has 0 spiro atoms. The second-order valence-electron chi connectivity index (χ2n) is 3.46. The van der Waals surface area contributed by atoms with Crippen LogP contribution in [0.15, 0.2) is 12.2 Å². The Morgan fingerprint density at radius 1 is 0.750 bits per heavy atom. The first-order chi connectivity index (χ1) is 5.91. The summed E-state index contributed by atoms with van der Waals surface area (Å²) in [7, 11) is 0. The van der Waals surface area contributed by atoms with Crippen molar-refractivity contribution in [2.75, 3.05) is 0 Å². The number of allylic oxidation sites excluding steroid dienone is 2. The topological polar surface area (TPSA) is 0 Å². The Bertz CT molecular complexity index is 97.3. The fourth-order valence-corrected chi connectivity index (χ4v) is 1.25. The van der Waals surface area contributed by atoms with E-state index in [4.69, 9.17) is 0 Å². The molecule has 0 fully saturated rings. The van der Waals surface area contributed by atoms with Gasteiger partial charge in [-0.15, -0.1) is 0 Å². The quantitative estimate of drug-likeness (QED) is 0.361. The maximum atomic E-state index is 2.35. The summed E-state index contributed by atoms with van der Waals surface area (Å²) < 4.78 is 0. The highest BCUT2D eigenvalue weighted by Gasteiger charge is 1.84. The van der Waals surface area contributed by atoms with Crippen LogP contribution in [0.1, 0.15) is 66.6 Å². The van der Waals surface area contributed by atoms with Crippen molar-refractivity contribution < 1.29 is 1.43 Å². The predicted octanol–water partition coefficient (Wildman–Crippen LogP) is 4.82. The van der Waals surface area contributed by atoms with E-state index in [0.717, 1.165) is 0 Å². The van der Waals surface area contributed by atoms with E-state index in [1.807, 2.05) is 0 Å². The molecule has 0 saturated heterocycles. The zero-order valence-corrected chi connectivity index (χ0v) is 8.81. The van der Waals surface area contributed by atoms with Crippen LogP contribution < -0.4 is 0 Å². The number of hydrogen-bond acceptors (Lipinski definition) is 0. The minimum Gasteiger partial charge on any atom is -0.0885 e. The average molecular weight is 169 g/mol. The number of hydrogen-bond donors (Lipinski definition) is 0. The fraction of sp³-hybridized carbons (Fsp3) is 0.833. The Hall–Kier alpha value is -0.260. The molecule has 72 valence electrons. The largest absolute Gasteiger partial charge is 1.00 e. The molecule has 0 aromatic heterocycles. The van der Waals surface area contributed by atoms with Crippen molar-refractivity contribution in [3.05, 3.63) is 12.2 Å². The first-order valence-corrected chi connectivity index (χ1v) is 5.56. The monoisotopic (exact) mass is 169 g/mol. The molecule has 0 unspecified atom stereocenters. The molecule has 0 heteroatoms. The lowest BCUT2D eigenvalue weighted by atomic mass is 10.1. The molecule has 12 heavy (non-hydrogen) atoms. The van der Waals surface area contributed by atoms with Crippen LogP contribution in [0.25, 0.3) is 0 Å². The molecule has 0 amide bonds. The third-order valence-electron chi connectivity index (χ3n) is 2.12. The van der Waals surface area contributed by atoms with Crippen LogP contribution >= 0.6 is 0 Å². The lowest BCUT2D eigenvalue weighted by Gasteiger charge is -1.94. The molecular weight excluding hydrogens is 144 g/mol. The van der Waals surface area contributed by atoms with Gasteiger partial charge >= 0.3 is 1.43 Å². The van der Waals surface area contributed by atoms with Crippen LogP contribution in [0.5, 0.6) is 0 Å². The molecule has 0 radical (unpaired) electrons. The summed E-state index contributed by atoms with van der Waals surface area (Å²) >= 11 is 0. The molecule has 0 heterocycles. The molecule has 0 aliphatic heterocycles. The van der Waals surface area contributed by atoms with Gasteiger partial charge in [-0.3, -0.25) is 0 Å². The summed E-state index contributed by atoms with van der Waals surface area (Å²) in [5, 5.41) is 0. The lowest BCUT2D eigenvalue weighted by molar-refractivity contribution is 0.673. The fourth-order valence-electron chi connectivity index (χ4n) is 1.25. The van der Waals surface area contributed by atoms with E-state index in [-0.39, 0.29) is 1.43 Å². The van der Waals surface area contributed by atoms with E-state index in [0.29, 0.717) is 0 Å². The third-order valence-corrected chi connectivity index (χ3v) is 2.12. The Morgan fingerprint density at radius 3 is 1.92 bits per heavy atom. The van der Waals surface area contributed by atoms with Crippen LogP contribution in [-0.2, 0) is 0 Å². The summed E-state index contributed by atoms with van der Waals surface area (Å²) in [5.41, 5.74) is 0. The second-order valence-corrected chi connectivity index (χ2v) is 3.46. The SMILES string of the molecule is CCCCC=CCCCCCC.[H+]. The molecule has 0 N–H and O–H groups in total. The maximum Gasteiger partial charge on any atom is 1.00 e. The summed E-state index contributed by atoms with van der Waals surface area (Å²) in [6.45, 7) is 4.51. The van der Waals surface area contributed by atoms with E-state index in [9.17, 15) is 0 Å². The molecule has 0 nitrogen and oxygen atoms in total. The van der Waals surface area contributed by atoms with Crippen molar-refractivity contribution in [3.63, 3.8) is 0 Å². The Morgan fingerprint density at radius 2 is 1.33 bits per heavy atom. The molecule has 0 bridgehead atoms. The molecule has 0 aromatic rings. The van der Waals surface area contributed by atoms with Gasteiger partial charge < -0.3 is 0 Å². The first kappa shape index (κ1) is 11.7. The van der Waals surface area contributed by atoms with Crippen molar-refractivity contribution in [2.24, 2.45) is 0 Å². The molecule has 0 aromatic carbocycles. The van der Waals surface area contributed by atoms with E-state index < -0.39 is 0 Å². The van der Waals surface area contributed by atoms with Crippen LogP contribution in [0.2, 0.25) is 0 Å². The van der Waals surface area contributed by atoms with E-state index in [1.54, 1.807) is 0 Å². The first-order valence-electron chi connectivity index (χ1n) is 5.56. The highest BCUT2D eigenvalue weighted by Crippen LogP contribution is 2.04. The van der Waals surface area contributed by atoms with Gasteiger partial charge in [0.25, 0.3) is 0 Å². The van der Waals surface area contributed by atoms with E-state index in [2.05, 4.69) is 26.0 Å². The summed E-state index contributed by atoms with van der Waals surface area (Å²) in [5.74, 6) is 0. The smallest absolute Gasteiger partial charge is 0.0885 e. The van der Waals surface area contributed by atoms with Gasteiger partial charge in [-0.2, -0.15) is 0 Å². The zero-order chi connectivity index (χ0) is 9.07. The summed E-state index contributed by atoms with van der Waals surface area (Å²) in [6.07, 6.45) is 15.5. The summed E-state index contributed by atoms with van der Waals surface area (Å²) in [4.78, 5) is 0. The Balaban J connectivity index is 0. The molecule has 0 rings (SSSR count). The van der Waals surface area contributed by atoms with Crippen molar-refractivity contribution in [3.8, 4) is 0 Å². The van der Waals surface area contributed by atoms with Crippen molar-refractivity contribution >= 4 is 0 Å². The van der Waals surface area contributed by atoms with Crippen molar-refractivity contribution in [2.45, 2.75) is 65.2 Å². The van der Waals surface area contributed by atoms with Gasteiger partial charge in [0.2, 0.25) is 0 Å². The molecule has 0 aliphatic rings. The third kappa shape index (κ3) is 9.74. The minimum absolute atomic E-state index is 0. The van der Waals surface area contributed by atoms with Gasteiger partial charge in [-0.25, -0.2) is 0 Å². The molecule has 0 atom stereocenters.